The molecule has 0 saturated heterocycles. The summed E-state index contributed by atoms with van der Waals surface area (Å²) >= 11 is 0. The van der Waals surface area contributed by atoms with Crippen molar-refractivity contribution in [3.8, 4) is 0 Å². The molecular formula is C101H178O16P2. The van der Waals surface area contributed by atoms with Crippen LogP contribution in [0, 0.1) is 0 Å². The molecule has 0 saturated carbocycles. The van der Waals surface area contributed by atoms with Crippen molar-refractivity contribution in [2.75, 3.05) is 39.6 Å². The summed E-state index contributed by atoms with van der Waals surface area (Å²) < 4.78 is 61.5. The lowest BCUT2D eigenvalue weighted by molar-refractivity contribution is -0.161. The van der Waals surface area contributed by atoms with Gasteiger partial charge in [0.1, 0.15) is 25.4 Å². The highest BCUT2D eigenvalue weighted by molar-refractivity contribution is 7.47. The van der Waals surface area contributed by atoms with Crippen LogP contribution in [-0.4, -0.2) is 95.9 Å². The molecule has 0 aromatic heterocycles. The van der Waals surface area contributed by atoms with Crippen molar-refractivity contribution in [2.45, 2.75) is 450 Å². The average molecular weight is 1710 g/mol. The van der Waals surface area contributed by atoms with E-state index in [0.717, 1.165) is 135 Å². The van der Waals surface area contributed by atoms with Crippen LogP contribution < -0.4 is 0 Å². The monoisotopic (exact) mass is 1710 g/mol. The van der Waals surface area contributed by atoms with E-state index >= 15 is 0 Å². The zero-order chi connectivity index (χ0) is 86.5. The third-order valence-electron chi connectivity index (χ3n) is 20.8. The van der Waals surface area contributed by atoms with Crippen molar-refractivity contribution in [1.82, 2.24) is 0 Å². The van der Waals surface area contributed by atoms with Crippen LogP contribution >= 0.6 is 15.6 Å². The third kappa shape index (κ3) is 94.2. The maximum absolute atomic E-state index is 13.0. The van der Waals surface area contributed by atoms with Gasteiger partial charge < -0.3 is 34.2 Å². The minimum absolute atomic E-state index is 0.0897. The quantitative estimate of drug-likeness (QED) is 0.0146. The van der Waals surface area contributed by atoms with Crippen molar-refractivity contribution in [2.24, 2.45) is 0 Å². The fourth-order valence-corrected chi connectivity index (χ4v) is 15.1. The van der Waals surface area contributed by atoms with Gasteiger partial charge in [-0.05, 0) is 141 Å². The van der Waals surface area contributed by atoms with Gasteiger partial charge in [0, 0.05) is 19.3 Å². The fourth-order valence-electron chi connectivity index (χ4n) is 13.5. The van der Waals surface area contributed by atoms with E-state index in [1.807, 2.05) is 0 Å². The van der Waals surface area contributed by atoms with Gasteiger partial charge in [0.25, 0.3) is 0 Å². The van der Waals surface area contributed by atoms with E-state index in [1.54, 1.807) is 0 Å². The van der Waals surface area contributed by atoms with Gasteiger partial charge in [-0.2, -0.15) is 0 Å². The lowest BCUT2D eigenvalue weighted by atomic mass is 10.0. The maximum atomic E-state index is 13.0. The second-order valence-electron chi connectivity index (χ2n) is 32.5. The van der Waals surface area contributed by atoms with Crippen LogP contribution in [0.4, 0.5) is 0 Å². The summed E-state index contributed by atoms with van der Waals surface area (Å²) in [6.45, 7) is 2.57. The van der Waals surface area contributed by atoms with Gasteiger partial charge in [0.05, 0.1) is 26.4 Å². The first-order valence-electron chi connectivity index (χ1n) is 48.5. The summed E-state index contributed by atoms with van der Waals surface area (Å²) in [6.07, 6.45) is 117. The maximum Gasteiger partial charge on any atom is 0.472 e. The molecule has 5 atom stereocenters. The molecule has 16 nitrogen and oxygen atoms in total. The summed E-state index contributed by atoms with van der Waals surface area (Å²) in [5.74, 6) is -1.57. The molecule has 0 aromatic rings. The summed E-state index contributed by atoms with van der Waals surface area (Å²) in [4.78, 5) is 59.0. The van der Waals surface area contributed by atoms with Crippen LogP contribution in [0.3, 0.4) is 0 Å². The zero-order valence-corrected chi connectivity index (χ0v) is 77.8. The molecule has 0 spiro atoms. The Bertz CT molecular complexity index is 2690. The van der Waals surface area contributed by atoms with E-state index in [1.165, 1.54) is 238 Å². The molecule has 0 aromatic carbocycles. The lowest BCUT2D eigenvalue weighted by Crippen LogP contribution is -2.30. The molecule has 0 fully saturated rings. The molecule has 0 aliphatic rings. The Kier molecular flexibility index (Phi) is 89.5. The van der Waals surface area contributed by atoms with E-state index in [-0.39, 0.29) is 19.3 Å². The molecule has 119 heavy (non-hydrogen) atoms. The number of phosphoric acid groups is 2. The molecule has 688 valence electrons. The number of ether oxygens (including phenoxy) is 3. The Morgan fingerprint density at radius 3 is 0.706 bits per heavy atom. The largest absolute Gasteiger partial charge is 0.472 e. The number of unbranched alkanes of at least 4 members (excludes halogenated alkanes) is 47. The Morgan fingerprint density at radius 2 is 0.445 bits per heavy atom. The Balaban J connectivity index is 4.40. The van der Waals surface area contributed by atoms with Crippen LogP contribution in [0.2, 0.25) is 0 Å². The van der Waals surface area contributed by atoms with E-state index in [2.05, 4.69) is 154 Å². The highest BCUT2D eigenvalue weighted by atomic mass is 31.2. The van der Waals surface area contributed by atoms with Crippen LogP contribution in [0.15, 0.2) is 134 Å². The summed E-state index contributed by atoms with van der Waals surface area (Å²) in [5, 5.41) is 20.7. The van der Waals surface area contributed by atoms with Gasteiger partial charge in [-0.1, -0.05) is 405 Å². The standard InChI is InChI=1S/C101H178O16P2/c1-4-7-10-13-16-19-22-25-28-30-32-34-36-38-40-42-44-46-47-49-51-52-54-56-58-60-62-64-67-69-72-75-78-81-84-87-99(104)111-90-96(102)91-113-118(107,108)114-92-97(103)93-115-119(109,110)116-95-98(117-101(106)89-86-83-80-77-74-71-66-27-24-21-18-15-12-9-6-3)94-112-100(105)88-85-82-79-76-73-70-68-65-63-61-59-57-55-53-50-48-45-43-41-39-37-35-33-31-29-26-23-20-17-14-11-8-5-2/h7,10,16-21,25-29,32-35,38-41,66,96-98,102-103H,4-6,8-9,11-15,22-24,30-31,36-37,42-65,67-95H2,1-3H3,(H,107,108)(H,109,110)/b10-7-,19-16-,20-17-,21-18-,28-25-,29-26-,34-32-,35-33-,40-38-,41-39-,66-27-. The minimum atomic E-state index is -4.94. The molecule has 0 bridgehead atoms. The van der Waals surface area contributed by atoms with Gasteiger partial charge in [0.2, 0.25) is 0 Å². The molecule has 18 heteroatoms. The van der Waals surface area contributed by atoms with Crippen molar-refractivity contribution in [1.29, 1.82) is 0 Å². The Hall–Kier alpha value is -4.31. The second kappa shape index (κ2) is 92.9. The number of allylic oxidation sites excluding steroid dienone is 22. The van der Waals surface area contributed by atoms with E-state index in [4.69, 9.17) is 32.3 Å². The minimum Gasteiger partial charge on any atom is -0.463 e. The Labute approximate surface area is 728 Å². The molecule has 5 unspecified atom stereocenters. The second-order valence-corrected chi connectivity index (χ2v) is 35.4. The molecule has 0 heterocycles. The SMILES string of the molecule is CC/C=C\C/C=C\C/C=C\C/C=C\C/C=C\CCCCCCCCCCCCCCCCCCCCCC(=O)OCC(O)COP(=O)(O)OCC(O)COP(=O)(O)OCC(COC(=O)CCCCCCCCCCCCCCCCCCC/C=C\C/C=C\C/C=C\C/C=C\CCCCC)OC(=O)CCCCCCC/C=C\C/C=C\CCCCC. The first-order valence-corrected chi connectivity index (χ1v) is 51.5. The smallest absolute Gasteiger partial charge is 0.463 e. The topological polar surface area (TPSA) is 231 Å². The molecule has 0 aliphatic carbocycles. The molecule has 4 N–H and O–H groups in total. The third-order valence-corrected chi connectivity index (χ3v) is 22.7. The summed E-state index contributed by atoms with van der Waals surface area (Å²) in [6, 6.07) is 0. The number of carbonyl (C=O) groups is 3. The van der Waals surface area contributed by atoms with Crippen LogP contribution in [-0.2, 0) is 55.8 Å². The fraction of sp³-hybridized carbons (Fsp3) is 0.752. The van der Waals surface area contributed by atoms with Crippen LogP contribution in [0.5, 0.6) is 0 Å². The molecule has 0 rings (SSSR count). The number of carbonyl (C=O) groups excluding carboxylic acids is 3. The Morgan fingerprint density at radius 1 is 0.244 bits per heavy atom. The number of esters is 3. The number of phosphoric ester groups is 2. The number of rotatable bonds is 92. The van der Waals surface area contributed by atoms with E-state index in [0.29, 0.717) is 19.3 Å². The summed E-state index contributed by atoms with van der Waals surface area (Å²) in [5.41, 5.74) is 0. The normalized spacial score (nSPS) is 14.3. The highest BCUT2D eigenvalue weighted by Gasteiger charge is 2.30. The summed E-state index contributed by atoms with van der Waals surface area (Å²) in [7, 11) is -9.80. The van der Waals surface area contributed by atoms with Gasteiger partial charge in [-0.15, -0.1) is 0 Å². The van der Waals surface area contributed by atoms with Crippen molar-refractivity contribution in [3.05, 3.63) is 134 Å². The molecule has 0 aliphatic heterocycles. The predicted octanol–water partition coefficient (Wildman–Crippen LogP) is 30.1. The number of hydrogen-bond acceptors (Lipinski definition) is 14. The van der Waals surface area contributed by atoms with Gasteiger partial charge in [0.15, 0.2) is 6.10 Å². The van der Waals surface area contributed by atoms with Gasteiger partial charge in [-0.3, -0.25) is 32.5 Å². The van der Waals surface area contributed by atoms with Crippen molar-refractivity contribution in [3.63, 3.8) is 0 Å². The zero-order valence-electron chi connectivity index (χ0n) is 76.0. The average Bonchev–Trinajstić information content (AvgIpc) is 0.898. The molecule has 0 amide bonds. The number of aliphatic hydroxyl groups is 2. The van der Waals surface area contributed by atoms with Crippen molar-refractivity contribution < 1.29 is 75.8 Å². The molecular weight excluding hydrogens is 1530 g/mol. The van der Waals surface area contributed by atoms with E-state index in [9.17, 15) is 43.5 Å². The van der Waals surface area contributed by atoms with Gasteiger partial charge >= 0.3 is 33.6 Å². The van der Waals surface area contributed by atoms with Gasteiger partial charge in [-0.25, -0.2) is 9.13 Å². The first kappa shape index (κ1) is 115. The highest BCUT2D eigenvalue weighted by Crippen LogP contribution is 2.45. The van der Waals surface area contributed by atoms with Crippen LogP contribution in [0.25, 0.3) is 0 Å². The van der Waals surface area contributed by atoms with E-state index < -0.39 is 91.5 Å². The number of hydrogen-bond donors (Lipinski definition) is 4. The predicted molar refractivity (Wildman–Crippen MR) is 500 cm³/mol. The van der Waals surface area contributed by atoms with Crippen molar-refractivity contribution >= 4 is 33.6 Å². The molecule has 0 radical (unpaired) electrons. The first-order chi connectivity index (χ1) is 58.2. The lowest BCUT2D eigenvalue weighted by Gasteiger charge is -2.21. The van der Waals surface area contributed by atoms with Crippen LogP contribution in [0.1, 0.15) is 432 Å². The number of aliphatic hydroxyl groups excluding tert-OH is 2.